The fraction of sp³-hybridized carbons (Fsp3) is 0.538. The maximum Gasteiger partial charge on any atom is 0.161 e. The Hall–Kier alpha value is -1.22. The molecule has 2 rings (SSSR count). The van der Waals surface area contributed by atoms with E-state index in [4.69, 9.17) is 14.2 Å². The van der Waals surface area contributed by atoms with Gasteiger partial charge in [-0.2, -0.15) is 0 Å². The van der Waals surface area contributed by atoms with Crippen molar-refractivity contribution in [2.75, 3.05) is 20.3 Å². The van der Waals surface area contributed by atoms with Crippen molar-refractivity contribution in [2.24, 2.45) is 0 Å². The van der Waals surface area contributed by atoms with Gasteiger partial charge >= 0.3 is 0 Å². The Labute approximate surface area is 96.3 Å². The molecule has 1 aromatic rings. The highest BCUT2D eigenvalue weighted by atomic mass is 16.5. The molecular formula is C13H18O3. The third kappa shape index (κ3) is 2.89. The number of hydrogen-bond acceptors (Lipinski definition) is 3. The smallest absolute Gasteiger partial charge is 0.161 e. The number of rotatable bonds is 5. The molecule has 0 spiro atoms. The molecule has 1 saturated heterocycles. The fourth-order valence-electron chi connectivity index (χ4n) is 1.91. The van der Waals surface area contributed by atoms with E-state index in [0.29, 0.717) is 12.7 Å². The first-order valence-electron chi connectivity index (χ1n) is 5.77. The van der Waals surface area contributed by atoms with Gasteiger partial charge in [-0.3, -0.25) is 0 Å². The highest BCUT2D eigenvalue weighted by molar-refractivity contribution is 5.39. The molecule has 1 aliphatic rings. The molecule has 0 saturated carbocycles. The predicted octanol–water partition coefficient (Wildman–Crippen LogP) is 2.64. The summed E-state index contributed by atoms with van der Waals surface area (Å²) in [5.41, 5.74) is 0. The summed E-state index contributed by atoms with van der Waals surface area (Å²) in [7, 11) is 1.66. The van der Waals surface area contributed by atoms with E-state index in [1.165, 1.54) is 6.42 Å². The highest BCUT2D eigenvalue weighted by Gasteiger charge is 2.15. The van der Waals surface area contributed by atoms with E-state index < -0.39 is 0 Å². The quantitative estimate of drug-likeness (QED) is 0.766. The van der Waals surface area contributed by atoms with Gasteiger partial charge in [0.15, 0.2) is 11.5 Å². The van der Waals surface area contributed by atoms with Gasteiger partial charge in [0.05, 0.1) is 19.8 Å². The Balaban J connectivity index is 1.79. The first-order valence-corrected chi connectivity index (χ1v) is 5.77. The molecular weight excluding hydrogens is 204 g/mol. The Bertz CT molecular complexity index is 319. The van der Waals surface area contributed by atoms with Crippen LogP contribution in [0.25, 0.3) is 0 Å². The van der Waals surface area contributed by atoms with E-state index in [1.807, 2.05) is 24.3 Å². The number of methoxy groups -OCH3 is 1. The molecule has 1 heterocycles. The summed E-state index contributed by atoms with van der Waals surface area (Å²) >= 11 is 0. The second-order valence-corrected chi connectivity index (χ2v) is 3.92. The summed E-state index contributed by atoms with van der Waals surface area (Å²) in [6.07, 6.45) is 3.68. The van der Waals surface area contributed by atoms with Gasteiger partial charge in [-0.05, 0) is 25.0 Å². The van der Waals surface area contributed by atoms with Crippen molar-refractivity contribution in [3.63, 3.8) is 0 Å². The average molecular weight is 222 g/mol. The molecule has 0 radical (unpaired) electrons. The SMILES string of the molecule is COc1ccccc1OCCC1CCCO1. The normalized spacial score (nSPS) is 19.7. The van der Waals surface area contributed by atoms with Gasteiger partial charge in [0, 0.05) is 13.0 Å². The van der Waals surface area contributed by atoms with E-state index in [9.17, 15) is 0 Å². The van der Waals surface area contributed by atoms with Gasteiger partial charge in [0.2, 0.25) is 0 Å². The maximum atomic E-state index is 5.68. The van der Waals surface area contributed by atoms with Crippen molar-refractivity contribution in [3.8, 4) is 11.5 Å². The van der Waals surface area contributed by atoms with Gasteiger partial charge in [-0.1, -0.05) is 12.1 Å². The van der Waals surface area contributed by atoms with Gasteiger partial charge in [-0.15, -0.1) is 0 Å². The Kier molecular flexibility index (Phi) is 4.05. The molecule has 1 atom stereocenters. The predicted molar refractivity (Wildman–Crippen MR) is 62.1 cm³/mol. The van der Waals surface area contributed by atoms with Crippen molar-refractivity contribution in [3.05, 3.63) is 24.3 Å². The topological polar surface area (TPSA) is 27.7 Å². The summed E-state index contributed by atoms with van der Waals surface area (Å²) in [5, 5.41) is 0. The van der Waals surface area contributed by atoms with Crippen LogP contribution in [0.2, 0.25) is 0 Å². The lowest BCUT2D eigenvalue weighted by molar-refractivity contribution is 0.0899. The first-order chi connectivity index (χ1) is 7.90. The first kappa shape index (κ1) is 11.3. The number of benzene rings is 1. The lowest BCUT2D eigenvalue weighted by Gasteiger charge is -2.12. The van der Waals surface area contributed by atoms with Gasteiger partial charge in [0.1, 0.15) is 0 Å². The average Bonchev–Trinajstić information content (AvgIpc) is 2.83. The third-order valence-electron chi connectivity index (χ3n) is 2.79. The zero-order chi connectivity index (χ0) is 11.2. The number of ether oxygens (including phenoxy) is 3. The van der Waals surface area contributed by atoms with Crippen LogP contribution in [0, 0.1) is 0 Å². The van der Waals surface area contributed by atoms with E-state index in [2.05, 4.69) is 0 Å². The van der Waals surface area contributed by atoms with Crippen molar-refractivity contribution >= 4 is 0 Å². The molecule has 0 aliphatic carbocycles. The molecule has 1 aliphatic heterocycles. The van der Waals surface area contributed by atoms with Crippen LogP contribution in [-0.4, -0.2) is 26.4 Å². The zero-order valence-corrected chi connectivity index (χ0v) is 9.65. The minimum absolute atomic E-state index is 0.384. The largest absolute Gasteiger partial charge is 0.493 e. The molecule has 1 unspecified atom stereocenters. The second kappa shape index (κ2) is 5.75. The van der Waals surface area contributed by atoms with Crippen LogP contribution in [0.15, 0.2) is 24.3 Å². The molecule has 0 bridgehead atoms. The molecule has 16 heavy (non-hydrogen) atoms. The van der Waals surface area contributed by atoms with E-state index in [0.717, 1.165) is 30.9 Å². The Morgan fingerprint density at radius 1 is 1.31 bits per heavy atom. The molecule has 1 fully saturated rings. The summed E-state index contributed by atoms with van der Waals surface area (Å²) < 4.78 is 16.4. The Morgan fingerprint density at radius 3 is 2.81 bits per heavy atom. The van der Waals surface area contributed by atoms with Gasteiger partial charge in [0.25, 0.3) is 0 Å². The van der Waals surface area contributed by atoms with Crippen LogP contribution in [0.1, 0.15) is 19.3 Å². The van der Waals surface area contributed by atoms with E-state index >= 15 is 0 Å². The van der Waals surface area contributed by atoms with Crippen molar-refractivity contribution in [1.29, 1.82) is 0 Å². The van der Waals surface area contributed by atoms with Gasteiger partial charge < -0.3 is 14.2 Å². The standard InChI is InChI=1S/C13H18O3/c1-14-12-6-2-3-7-13(12)16-10-8-11-5-4-9-15-11/h2-3,6-7,11H,4-5,8-10H2,1H3. The van der Waals surface area contributed by atoms with Crippen LogP contribution in [-0.2, 0) is 4.74 Å². The lowest BCUT2D eigenvalue weighted by atomic mass is 10.2. The molecule has 3 heteroatoms. The summed E-state index contributed by atoms with van der Waals surface area (Å²) in [6, 6.07) is 7.71. The van der Waals surface area contributed by atoms with Crippen LogP contribution >= 0.6 is 0 Å². The second-order valence-electron chi connectivity index (χ2n) is 3.92. The summed E-state index contributed by atoms with van der Waals surface area (Å²) in [4.78, 5) is 0. The van der Waals surface area contributed by atoms with E-state index in [-0.39, 0.29) is 0 Å². The molecule has 88 valence electrons. The zero-order valence-electron chi connectivity index (χ0n) is 9.65. The summed E-state index contributed by atoms with van der Waals surface area (Å²) in [6.45, 7) is 1.59. The van der Waals surface area contributed by atoms with E-state index in [1.54, 1.807) is 7.11 Å². The molecule has 0 aromatic heterocycles. The fourth-order valence-corrected chi connectivity index (χ4v) is 1.91. The van der Waals surface area contributed by atoms with Crippen molar-refractivity contribution in [1.82, 2.24) is 0 Å². The molecule has 3 nitrogen and oxygen atoms in total. The van der Waals surface area contributed by atoms with Crippen molar-refractivity contribution in [2.45, 2.75) is 25.4 Å². The minimum atomic E-state index is 0.384. The third-order valence-corrected chi connectivity index (χ3v) is 2.79. The van der Waals surface area contributed by atoms with Crippen LogP contribution in [0.4, 0.5) is 0 Å². The molecule has 0 N–H and O–H groups in total. The lowest BCUT2D eigenvalue weighted by Crippen LogP contribution is -2.10. The summed E-state index contributed by atoms with van der Waals surface area (Å²) in [5.74, 6) is 1.60. The monoisotopic (exact) mass is 222 g/mol. The number of hydrogen-bond donors (Lipinski definition) is 0. The van der Waals surface area contributed by atoms with Gasteiger partial charge in [-0.25, -0.2) is 0 Å². The van der Waals surface area contributed by atoms with Crippen molar-refractivity contribution < 1.29 is 14.2 Å². The minimum Gasteiger partial charge on any atom is -0.493 e. The van der Waals surface area contributed by atoms with Crippen LogP contribution < -0.4 is 9.47 Å². The van der Waals surface area contributed by atoms with Crippen LogP contribution in [0.5, 0.6) is 11.5 Å². The number of para-hydroxylation sites is 2. The van der Waals surface area contributed by atoms with Crippen LogP contribution in [0.3, 0.4) is 0 Å². The molecule has 0 amide bonds. The maximum absolute atomic E-state index is 5.68. The molecule has 1 aromatic carbocycles. The highest BCUT2D eigenvalue weighted by Crippen LogP contribution is 2.26. The Morgan fingerprint density at radius 2 is 2.12 bits per heavy atom.